The van der Waals surface area contributed by atoms with Crippen LogP contribution in [-0.4, -0.2) is 26.1 Å². The van der Waals surface area contributed by atoms with E-state index in [1.807, 2.05) is 19.9 Å². The van der Waals surface area contributed by atoms with Crippen LogP contribution in [0.4, 0.5) is 0 Å². The second kappa shape index (κ2) is 6.89. The highest BCUT2D eigenvalue weighted by Crippen LogP contribution is 2.29. The summed E-state index contributed by atoms with van der Waals surface area (Å²) in [6.45, 7) is 3.97. The summed E-state index contributed by atoms with van der Waals surface area (Å²) >= 11 is 1.64. The molecule has 2 rings (SSSR count). The summed E-state index contributed by atoms with van der Waals surface area (Å²) in [6.07, 6.45) is 6.73. The summed E-state index contributed by atoms with van der Waals surface area (Å²) in [7, 11) is 0. The predicted octanol–water partition coefficient (Wildman–Crippen LogP) is 3.74. The molecule has 0 radical (unpaired) electrons. The molecule has 5 heteroatoms. The minimum Gasteiger partial charge on any atom is -0.411 e. The van der Waals surface area contributed by atoms with E-state index in [1.165, 1.54) is 19.3 Å². The Morgan fingerprint density at radius 2 is 1.84 bits per heavy atom. The van der Waals surface area contributed by atoms with E-state index in [1.54, 1.807) is 11.8 Å². The van der Waals surface area contributed by atoms with E-state index in [0.29, 0.717) is 0 Å². The lowest BCUT2D eigenvalue weighted by molar-refractivity contribution is 0.315. The Morgan fingerprint density at radius 3 is 2.53 bits per heavy atom. The van der Waals surface area contributed by atoms with Crippen molar-refractivity contribution in [2.24, 2.45) is 5.16 Å². The molecule has 1 aliphatic carbocycles. The number of hydrogen-bond acceptors (Lipinski definition) is 5. The first-order valence-electron chi connectivity index (χ1n) is 6.89. The Hall–Kier alpha value is -1.10. The van der Waals surface area contributed by atoms with Crippen molar-refractivity contribution >= 4 is 17.5 Å². The zero-order valence-electron chi connectivity index (χ0n) is 11.6. The average Bonchev–Trinajstić information content (AvgIpc) is 2.32. The summed E-state index contributed by atoms with van der Waals surface area (Å²) in [6, 6.07) is 1.98. The molecule has 1 saturated carbocycles. The van der Waals surface area contributed by atoms with E-state index in [9.17, 15) is 5.21 Å². The first-order valence-corrected chi connectivity index (χ1v) is 7.77. The van der Waals surface area contributed by atoms with Gasteiger partial charge in [0, 0.05) is 11.4 Å². The Labute approximate surface area is 118 Å². The molecule has 19 heavy (non-hydrogen) atoms. The first-order chi connectivity index (χ1) is 9.19. The van der Waals surface area contributed by atoms with Crippen molar-refractivity contribution in [3.05, 3.63) is 17.5 Å². The summed E-state index contributed by atoms with van der Waals surface area (Å²) in [5.41, 5.74) is 2.87. The summed E-state index contributed by atoms with van der Waals surface area (Å²) < 4.78 is 0. The number of aromatic nitrogens is 2. The van der Waals surface area contributed by atoms with Gasteiger partial charge in [-0.2, -0.15) is 0 Å². The molecular formula is C14H21N3OS. The van der Waals surface area contributed by atoms with E-state index >= 15 is 0 Å². The fourth-order valence-electron chi connectivity index (χ4n) is 2.43. The Kier molecular flexibility index (Phi) is 5.19. The van der Waals surface area contributed by atoms with E-state index in [0.717, 1.165) is 41.5 Å². The van der Waals surface area contributed by atoms with E-state index in [-0.39, 0.29) is 5.25 Å². The van der Waals surface area contributed by atoms with Gasteiger partial charge in [0.15, 0.2) is 5.16 Å². The van der Waals surface area contributed by atoms with Crippen molar-refractivity contribution in [1.29, 1.82) is 0 Å². The molecule has 1 atom stereocenters. The number of rotatable bonds is 2. The van der Waals surface area contributed by atoms with Gasteiger partial charge in [-0.05, 0) is 39.2 Å². The second-order valence-corrected chi connectivity index (χ2v) is 6.25. The van der Waals surface area contributed by atoms with Gasteiger partial charge < -0.3 is 5.21 Å². The largest absolute Gasteiger partial charge is 0.411 e. The topological polar surface area (TPSA) is 58.4 Å². The summed E-state index contributed by atoms with van der Waals surface area (Å²) in [5.74, 6) is 0. The zero-order chi connectivity index (χ0) is 13.7. The van der Waals surface area contributed by atoms with Gasteiger partial charge in [-0.25, -0.2) is 9.97 Å². The van der Waals surface area contributed by atoms with Crippen LogP contribution in [0.5, 0.6) is 0 Å². The molecule has 104 valence electrons. The summed E-state index contributed by atoms with van der Waals surface area (Å²) in [4.78, 5) is 8.93. The van der Waals surface area contributed by atoms with Gasteiger partial charge in [-0.1, -0.05) is 36.2 Å². The molecule has 0 aromatic carbocycles. The summed E-state index contributed by atoms with van der Waals surface area (Å²) in [5, 5.41) is 13.7. The minimum atomic E-state index is 0.214. The fraction of sp³-hybridized carbons (Fsp3) is 0.643. The minimum absolute atomic E-state index is 0.214. The molecule has 0 aliphatic heterocycles. The molecule has 1 heterocycles. The van der Waals surface area contributed by atoms with Crippen molar-refractivity contribution in [3.8, 4) is 0 Å². The first kappa shape index (κ1) is 14.3. The van der Waals surface area contributed by atoms with Crippen LogP contribution in [0.1, 0.15) is 49.9 Å². The highest BCUT2D eigenvalue weighted by molar-refractivity contribution is 8.00. The number of hydrogen-bond donors (Lipinski definition) is 1. The fourth-order valence-corrected chi connectivity index (χ4v) is 3.67. The van der Waals surface area contributed by atoms with Crippen LogP contribution in [0.25, 0.3) is 0 Å². The van der Waals surface area contributed by atoms with Crippen LogP contribution < -0.4 is 0 Å². The molecule has 0 bridgehead atoms. The van der Waals surface area contributed by atoms with Gasteiger partial charge in [0.1, 0.15) is 0 Å². The smallest absolute Gasteiger partial charge is 0.188 e. The van der Waals surface area contributed by atoms with Gasteiger partial charge in [0.05, 0.1) is 11.0 Å². The predicted molar refractivity (Wildman–Crippen MR) is 78.1 cm³/mol. The van der Waals surface area contributed by atoms with Gasteiger partial charge in [-0.3, -0.25) is 0 Å². The van der Waals surface area contributed by atoms with Crippen molar-refractivity contribution in [3.63, 3.8) is 0 Å². The van der Waals surface area contributed by atoms with Gasteiger partial charge in [0.2, 0.25) is 0 Å². The maximum Gasteiger partial charge on any atom is 0.188 e. The molecule has 1 aromatic rings. The Bertz CT molecular complexity index is 442. The van der Waals surface area contributed by atoms with Gasteiger partial charge in [0.25, 0.3) is 0 Å². The molecule has 0 spiro atoms. The second-order valence-electron chi connectivity index (χ2n) is 5.08. The lowest BCUT2D eigenvalue weighted by Gasteiger charge is -2.19. The van der Waals surface area contributed by atoms with Crippen LogP contribution >= 0.6 is 11.8 Å². The highest BCUT2D eigenvalue weighted by Gasteiger charge is 2.21. The van der Waals surface area contributed by atoms with Crippen molar-refractivity contribution < 1.29 is 5.21 Å². The maximum atomic E-state index is 9.20. The quantitative estimate of drug-likeness (QED) is 0.509. The Morgan fingerprint density at radius 1 is 1.16 bits per heavy atom. The number of nitrogens with zero attached hydrogens (tertiary/aromatic N) is 3. The molecule has 0 unspecified atom stereocenters. The molecule has 1 aliphatic rings. The van der Waals surface area contributed by atoms with Crippen LogP contribution in [0, 0.1) is 13.8 Å². The highest BCUT2D eigenvalue weighted by atomic mass is 32.2. The molecule has 1 N–H and O–H groups in total. The zero-order valence-corrected chi connectivity index (χ0v) is 12.4. The SMILES string of the molecule is Cc1cc(C)nc(S[C@H]2CCCCCC/C2=N\O)n1. The monoisotopic (exact) mass is 279 g/mol. The number of aryl methyl sites for hydroxylation is 2. The van der Waals surface area contributed by atoms with Crippen LogP contribution in [0.15, 0.2) is 16.4 Å². The normalized spacial score (nSPS) is 23.1. The molecule has 0 amide bonds. The standard InChI is InChI=1S/C14H21N3OS/c1-10-9-11(2)16-14(15-10)19-13-8-6-4-3-5-7-12(13)17-18/h9,13,18H,3-8H2,1-2H3/b17-12+/t13-/m0/s1. The molecule has 4 nitrogen and oxygen atoms in total. The van der Waals surface area contributed by atoms with E-state index in [4.69, 9.17) is 0 Å². The lowest BCUT2D eigenvalue weighted by atomic mass is 9.99. The van der Waals surface area contributed by atoms with Crippen LogP contribution in [0.2, 0.25) is 0 Å². The van der Waals surface area contributed by atoms with Crippen molar-refractivity contribution in [2.45, 2.75) is 62.8 Å². The molecule has 1 aromatic heterocycles. The molecular weight excluding hydrogens is 258 g/mol. The maximum absolute atomic E-state index is 9.20. The average molecular weight is 279 g/mol. The third kappa shape index (κ3) is 4.20. The van der Waals surface area contributed by atoms with Crippen molar-refractivity contribution in [1.82, 2.24) is 9.97 Å². The van der Waals surface area contributed by atoms with E-state index in [2.05, 4.69) is 15.1 Å². The molecule has 1 fully saturated rings. The van der Waals surface area contributed by atoms with Crippen molar-refractivity contribution in [2.75, 3.05) is 0 Å². The van der Waals surface area contributed by atoms with Crippen LogP contribution in [-0.2, 0) is 0 Å². The number of oxime groups is 1. The molecule has 0 saturated heterocycles. The lowest BCUT2D eigenvalue weighted by Crippen LogP contribution is -2.19. The third-order valence-electron chi connectivity index (χ3n) is 3.36. The van der Waals surface area contributed by atoms with Gasteiger partial charge >= 0.3 is 0 Å². The third-order valence-corrected chi connectivity index (χ3v) is 4.54. The Balaban J connectivity index is 2.13. The number of thioether (sulfide) groups is 1. The van der Waals surface area contributed by atoms with Crippen LogP contribution in [0.3, 0.4) is 0 Å². The van der Waals surface area contributed by atoms with Gasteiger partial charge in [-0.15, -0.1) is 0 Å². The van der Waals surface area contributed by atoms with E-state index < -0.39 is 0 Å².